The first-order chi connectivity index (χ1) is 13.9. The molecule has 0 saturated heterocycles. The lowest BCUT2D eigenvalue weighted by Gasteiger charge is -2.20. The van der Waals surface area contributed by atoms with Gasteiger partial charge in [0, 0.05) is 27.6 Å². The molecule has 152 valence electrons. The average Bonchev–Trinajstić information content (AvgIpc) is 3.17. The molecule has 1 aliphatic heterocycles. The van der Waals surface area contributed by atoms with Crippen molar-refractivity contribution in [1.82, 2.24) is 14.7 Å². The van der Waals surface area contributed by atoms with E-state index in [-0.39, 0.29) is 12.5 Å². The van der Waals surface area contributed by atoms with Crippen LogP contribution >= 0.6 is 11.3 Å². The number of methoxy groups -OCH3 is 1. The second-order valence-electron chi connectivity index (χ2n) is 7.33. The minimum atomic E-state index is 0.0315. The second kappa shape index (κ2) is 7.91. The van der Waals surface area contributed by atoms with Gasteiger partial charge in [-0.2, -0.15) is 5.10 Å². The van der Waals surface area contributed by atoms with Gasteiger partial charge in [0.25, 0.3) is 0 Å². The number of hydrogen-bond donors (Lipinski definition) is 0. The summed E-state index contributed by atoms with van der Waals surface area (Å²) < 4.78 is 13.4. The van der Waals surface area contributed by atoms with E-state index >= 15 is 0 Å². The number of amides is 1. The topological polar surface area (TPSA) is 56.6 Å². The van der Waals surface area contributed by atoms with Crippen LogP contribution in [0.2, 0.25) is 0 Å². The Kier molecular flexibility index (Phi) is 5.32. The monoisotopic (exact) mass is 411 g/mol. The number of ether oxygens (including phenoxy) is 2. The molecule has 3 heterocycles. The van der Waals surface area contributed by atoms with Crippen LogP contribution in [0, 0.1) is 20.8 Å². The van der Waals surface area contributed by atoms with Crippen LogP contribution in [-0.2, 0) is 17.9 Å². The molecule has 0 aliphatic carbocycles. The Labute approximate surface area is 174 Å². The van der Waals surface area contributed by atoms with Crippen LogP contribution in [0.25, 0.3) is 10.4 Å². The molecule has 2 aromatic heterocycles. The number of fused-ring (bicyclic) bond motifs is 1. The summed E-state index contributed by atoms with van der Waals surface area (Å²) in [5.74, 6) is 1.46. The Morgan fingerprint density at radius 1 is 1.24 bits per heavy atom. The number of aryl methyl sites for hydroxylation is 3. The number of hydrogen-bond acceptors (Lipinski definition) is 5. The molecule has 3 aromatic rings. The number of carbonyl (C=O) groups is 1. The molecule has 7 heteroatoms. The van der Waals surface area contributed by atoms with Crippen molar-refractivity contribution in [2.24, 2.45) is 0 Å². The first-order valence-corrected chi connectivity index (χ1v) is 10.5. The Hall–Kier alpha value is -2.80. The van der Waals surface area contributed by atoms with Crippen LogP contribution in [-0.4, -0.2) is 40.8 Å². The molecule has 6 nitrogen and oxygen atoms in total. The fourth-order valence-corrected chi connectivity index (χ4v) is 4.50. The van der Waals surface area contributed by atoms with Gasteiger partial charge in [-0.25, -0.2) is 0 Å². The molecular formula is C22H25N3O3S. The first kappa shape index (κ1) is 19.5. The summed E-state index contributed by atoms with van der Waals surface area (Å²) in [6, 6.07) is 10.3. The summed E-state index contributed by atoms with van der Waals surface area (Å²) >= 11 is 1.74. The minimum absolute atomic E-state index is 0.0315. The Balaban J connectivity index is 1.63. The zero-order valence-electron chi connectivity index (χ0n) is 17.2. The predicted octanol–water partition coefficient (Wildman–Crippen LogP) is 3.97. The average molecular weight is 412 g/mol. The molecule has 29 heavy (non-hydrogen) atoms. The SMILES string of the molecule is COc1cc(-c2ccc(C)s2)cc2c1OCCN(C(=O)Cn1nc(C)cc1C)C2. The summed E-state index contributed by atoms with van der Waals surface area (Å²) in [6.07, 6.45) is 0. The van der Waals surface area contributed by atoms with E-state index in [0.717, 1.165) is 28.3 Å². The third-order valence-corrected chi connectivity index (χ3v) is 6.14. The number of thiophene rings is 1. The standard InChI is InChI=1S/C22H25N3O3S/c1-14-9-15(2)25(23-14)13-21(26)24-7-8-28-22-18(12-24)10-17(11-19(22)27-4)20-6-5-16(3)29-20/h5-6,9-11H,7-8,12-13H2,1-4H3. The molecule has 0 spiro atoms. The molecule has 0 radical (unpaired) electrons. The lowest BCUT2D eigenvalue weighted by atomic mass is 10.1. The maximum absolute atomic E-state index is 13.0. The molecule has 0 N–H and O–H groups in total. The maximum atomic E-state index is 13.0. The van der Waals surface area contributed by atoms with Crippen molar-refractivity contribution >= 4 is 17.2 Å². The Bertz CT molecular complexity index is 1050. The highest BCUT2D eigenvalue weighted by molar-refractivity contribution is 7.15. The van der Waals surface area contributed by atoms with E-state index < -0.39 is 0 Å². The molecule has 0 unspecified atom stereocenters. The summed E-state index contributed by atoms with van der Waals surface area (Å²) in [4.78, 5) is 17.3. The van der Waals surface area contributed by atoms with Gasteiger partial charge >= 0.3 is 0 Å². The van der Waals surface area contributed by atoms with Gasteiger partial charge in [0.15, 0.2) is 11.5 Å². The quantitative estimate of drug-likeness (QED) is 0.652. The maximum Gasteiger partial charge on any atom is 0.244 e. The van der Waals surface area contributed by atoms with E-state index in [0.29, 0.717) is 25.4 Å². The van der Waals surface area contributed by atoms with Crippen molar-refractivity contribution in [2.45, 2.75) is 33.9 Å². The number of rotatable bonds is 4. The summed E-state index contributed by atoms with van der Waals surface area (Å²) in [5.41, 5.74) is 3.94. The molecule has 0 atom stereocenters. The van der Waals surface area contributed by atoms with Gasteiger partial charge in [-0.15, -0.1) is 11.3 Å². The lowest BCUT2D eigenvalue weighted by Crippen LogP contribution is -2.35. The second-order valence-corrected chi connectivity index (χ2v) is 8.61. The predicted molar refractivity (Wildman–Crippen MR) is 114 cm³/mol. The number of benzene rings is 1. The van der Waals surface area contributed by atoms with Gasteiger partial charge < -0.3 is 14.4 Å². The highest BCUT2D eigenvalue weighted by Crippen LogP contribution is 2.40. The van der Waals surface area contributed by atoms with Crippen molar-refractivity contribution in [3.63, 3.8) is 0 Å². The van der Waals surface area contributed by atoms with Gasteiger partial charge in [0.1, 0.15) is 13.2 Å². The molecule has 1 amide bonds. The highest BCUT2D eigenvalue weighted by atomic mass is 32.1. The third kappa shape index (κ3) is 4.00. The minimum Gasteiger partial charge on any atom is -0.493 e. The zero-order valence-corrected chi connectivity index (χ0v) is 18.0. The van der Waals surface area contributed by atoms with Crippen LogP contribution in [0.5, 0.6) is 11.5 Å². The van der Waals surface area contributed by atoms with Crippen molar-refractivity contribution in [2.75, 3.05) is 20.3 Å². The van der Waals surface area contributed by atoms with Crippen molar-refractivity contribution in [3.8, 4) is 21.9 Å². The van der Waals surface area contributed by atoms with E-state index in [1.165, 1.54) is 9.75 Å². The summed E-state index contributed by atoms with van der Waals surface area (Å²) in [5, 5.41) is 4.42. The lowest BCUT2D eigenvalue weighted by molar-refractivity contribution is -0.132. The van der Waals surface area contributed by atoms with Crippen LogP contribution in [0.15, 0.2) is 30.3 Å². The van der Waals surface area contributed by atoms with Crippen molar-refractivity contribution in [1.29, 1.82) is 0 Å². The highest BCUT2D eigenvalue weighted by Gasteiger charge is 2.24. The van der Waals surface area contributed by atoms with E-state index in [1.54, 1.807) is 23.1 Å². The molecule has 0 saturated carbocycles. The van der Waals surface area contributed by atoms with Crippen LogP contribution in [0.1, 0.15) is 21.8 Å². The van der Waals surface area contributed by atoms with E-state index in [4.69, 9.17) is 9.47 Å². The summed E-state index contributed by atoms with van der Waals surface area (Å²) in [6.45, 7) is 7.68. The molecule has 1 aromatic carbocycles. The van der Waals surface area contributed by atoms with Crippen LogP contribution < -0.4 is 9.47 Å². The van der Waals surface area contributed by atoms with Crippen LogP contribution in [0.4, 0.5) is 0 Å². The fraction of sp³-hybridized carbons (Fsp3) is 0.364. The van der Waals surface area contributed by atoms with Gasteiger partial charge in [0.2, 0.25) is 5.91 Å². The van der Waals surface area contributed by atoms with E-state index in [9.17, 15) is 4.79 Å². The third-order valence-electron chi connectivity index (χ3n) is 5.09. The van der Waals surface area contributed by atoms with Crippen LogP contribution in [0.3, 0.4) is 0 Å². The molecule has 0 fully saturated rings. The number of aromatic nitrogens is 2. The van der Waals surface area contributed by atoms with Gasteiger partial charge in [-0.1, -0.05) is 0 Å². The molecular weight excluding hydrogens is 386 g/mol. The largest absolute Gasteiger partial charge is 0.493 e. The fourth-order valence-electron chi connectivity index (χ4n) is 3.64. The van der Waals surface area contributed by atoms with E-state index in [1.807, 2.05) is 30.9 Å². The van der Waals surface area contributed by atoms with E-state index in [2.05, 4.69) is 30.2 Å². The number of carbonyl (C=O) groups excluding carboxylic acids is 1. The van der Waals surface area contributed by atoms with Gasteiger partial charge in [0.05, 0.1) is 19.3 Å². The first-order valence-electron chi connectivity index (χ1n) is 9.64. The van der Waals surface area contributed by atoms with Crippen molar-refractivity contribution < 1.29 is 14.3 Å². The Morgan fingerprint density at radius 2 is 2.07 bits per heavy atom. The smallest absolute Gasteiger partial charge is 0.244 e. The molecule has 4 rings (SSSR count). The van der Waals surface area contributed by atoms with Crippen molar-refractivity contribution in [3.05, 3.63) is 52.2 Å². The normalized spacial score (nSPS) is 13.6. The van der Waals surface area contributed by atoms with Gasteiger partial charge in [-0.3, -0.25) is 9.48 Å². The molecule has 0 bridgehead atoms. The Morgan fingerprint density at radius 3 is 2.72 bits per heavy atom. The summed E-state index contributed by atoms with van der Waals surface area (Å²) in [7, 11) is 1.65. The zero-order chi connectivity index (χ0) is 20.5. The number of nitrogens with zero attached hydrogens (tertiary/aromatic N) is 3. The van der Waals surface area contributed by atoms with Gasteiger partial charge in [-0.05, 0) is 56.7 Å². The molecule has 1 aliphatic rings.